The monoisotopic (exact) mass is 479 g/mol. The van der Waals surface area contributed by atoms with E-state index in [4.69, 9.17) is 5.11 Å². The first kappa shape index (κ1) is 26.9. The van der Waals surface area contributed by atoms with Crippen LogP contribution in [0, 0.1) is 0 Å². The molecule has 0 saturated carbocycles. The van der Waals surface area contributed by atoms with E-state index in [9.17, 15) is 29.7 Å². The fourth-order valence-electron chi connectivity index (χ4n) is 3.36. The molecule has 1 heterocycles. The Morgan fingerprint density at radius 3 is 2.65 bits per heavy atom. The molecule has 34 heavy (non-hydrogen) atoms. The van der Waals surface area contributed by atoms with E-state index < -0.39 is 49.0 Å². The van der Waals surface area contributed by atoms with Gasteiger partial charge in [0.25, 0.3) is 5.91 Å². The maximum atomic E-state index is 12.5. The van der Waals surface area contributed by atoms with E-state index in [2.05, 4.69) is 26.3 Å². The largest absolute Gasteiger partial charge is 0.508 e. The van der Waals surface area contributed by atoms with Crippen LogP contribution in [0.1, 0.15) is 49.4 Å². The van der Waals surface area contributed by atoms with Crippen molar-refractivity contribution < 1.29 is 34.8 Å². The second-order valence-electron chi connectivity index (χ2n) is 8.14. The van der Waals surface area contributed by atoms with E-state index in [1.165, 1.54) is 18.2 Å². The van der Waals surface area contributed by atoms with Crippen LogP contribution < -0.4 is 21.3 Å². The summed E-state index contributed by atoms with van der Waals surface area (Å²) >= 11 is 0. The van der Waals surface area contributed by atoms with Gasteiger partial charge in [-0.2, -0.15) is 0 Å². The molecule has 0 aromatic heterocycles. The van der Waals surface area contributed by atoms with Crippen molar-refractivity contribution in [1.82, 2.24) is 16.0 Å². The number of aliphatic hydroxyl groups excluding tert-OH is 2. The van der Waals surface area contributed by atoms with Crippen molar-refractivity contribution in [3.05, 3.63) is 23.8 Å². The average Bonchev–Trinajstić information content (AvgIpc) is 2.78. The summed E-state index contributed by atoms with van der Waals surface area (Å²) in [7, 11) is 0. The van der Waals surface area contributed by atoms with Crippen LogP contribution in [-0.4, -0.2) is 82.1 Å². The van der Waals surface area contributed by atoms with Gasteiger partial charge in [-0.15, -0.1) is 0 Å². The number of β-amino-alcohol motifs (C(OH)–C–C–N with tert-alkyl or cyclic N) is 1. The summed E-state index contributed by atoms with van der Waals surface area (Å²) in [6, 6.07) is 3.09. The van der Waals surface area contributed by atoms with Gasteiger partial charge in [-0.05, 0) is 18.6 Å². The number of guanidine groups is 1. The number of carboxylic acid groups (broad SMARTS) is 1. The lowest BCUT2D eigenvalue weighted by atomic mass is 10.0. The molecule has 1 aliphatic rings. The molecule has 12 nitrogen and oxygen atoms in total. The zero-order valence-electron chi connectivity index (χ0n) is 19.1. The molecular weight excluding hydrogens is 446 g/mol. The molecule has 0 saturated heterocycles. The highest BCUT2D eigenvalue weighted by molar-refractivity contribution is 6.00. The molecule has 2 rings (SSSR count). The van der Waals surface area contributed by atoms with Crippen LogP contribution in [0.25, 0.3) is 0 Å². The summed E-state index contributed by atoms with van der Waals surface area (Å²) in [5.41, 5.74) is 0.447. The van der Waals surface area contributed by atoms with Crippen molar-refractivity contribution in [3.63, 3.8) is 0 Å². The summed E-state index contributed by atoms with van der Waals surface area (Å²) in [5.74, 6) is -2.25. The van der Waals surface area contributed by atoms with Gasteiger partial charge in [0.15, 0.2) is 5.96 Å². The van der Waals surface area contributed by atoms with Crippen molar-refractivity contribution in [2.45, 2.75) is 57.3 Å². The summed E-state index contributed by atoms with van der Waals surface area (Å²) in [4.78, 5) is 40.0. The second kappa shape index (κ2) is 13.4. The molecule has 0 aliphatic carbocycles. The lowest BCUT2D eigenvalue weighted by Gasteiger charge is -2.23. The normalized spacial score (nSPS) is 17.0. The molecular formula is C22H33N5O7. The third-order valence-corrected chi connectivity index (χ3v) is 5.13. The van der Waals surface area contributed by atoms with Crippen molar-refractivity contribution in [2.75, 3.05) is 25.0 Å². The number of phenolic OH excluding ortho intramolecular Hbond substituents is 1. The first-order valence-electron chi connectivity index (χ1n) is 11.2. The Kier molecular flexibility index (Phi) is 10.6. The highest BCUT2D eigenvalue weighted by atomic mass is 16.4. The Morgan fingerprint density at radius 1 is 1.24 bits per heavy atom. The summed E-state index contributed by atoms with van der Waals surface area (Å²) in [5, 5.41) is 49.4. The van der Waals surface area contributed by atoms with Crippen LogP contribution in [0.2, 0.25) is 0 Å². The van der Waals surface area contributed by atoms with E-state index >= 15 is 0 Å². The number of nitrogens with zero attached hydrogens (tertiary/aromatic N) is 1. The number of phenols is 1. The fraction of sp³-hybridized carbons (Fsp3) is 0.545. The van der Waals surface area contributed by atoms with Gasteiger partial charge in [0.1, 0.15) is 5.75 Å². The number of amides is 2. The molecule has 3 atom stereocenters. The quantitative estimate of drug-likeness (QED) is 0.187. The zero-order valence-corrected chi connectivity index (χ0v) is 19.1. The van der Waals surface area contributed by atoms with Crippen LogP contribution in [0.5, 0.6) is 5.75 Å². The molecule has 8 N–H and O–H groups in total. The molecule has 0 bridgehead atoms. The number of hydrogen-bond donors (Lipinski definition) is 8. The number of aliphatic carboxylic acids is 1. The minimum atomic E-state index is -1.16. The van der Waals surface area contributed by atoms with Gasteiger partial charge in [0.2, 0.25) is 5.91 Å². The van der Waals surface area contributed by atoms with Gasteiger partial charge in [-0.3, -0.25) is 19.4 Å². The summed E-state index contributed by atoms with van der Waals surface area (Å²) in [6.07, 6.45) is 0.840. The average molecular weight is 480 g/mol. The van der Waals surface area contributed by atoms with Crippen molar-refractivity contribution in [1.29, 1.82) is 0 Å². The van der Waals surface area contributed by atoms with E-state index in [0.29, 0.717) is 31.0 Å². The van der Waals surface area contributed by atoms with Crippen molar-refractivity contribution in [2.24, 2.45) is 4.99 Å². The summed E-state index contributed by atoms with van der Waals surface area (Å²) < 4.78 is 0. The molecule has 1 aromatic carbocycles. The van der Waals surface area contributed by atoms with Gasteiger partial charge in [0.05, 0.1) is 37.8 Å². The Bertz CT molecular complexity index is 892. The molecule has 2 amide bonds. The smallest absolute Gasteiger partial charge is 0.305 e. The van der Waals surface area contributed by atoms with Crippen LogP contribution >= 0.6 is 0 Å². The van der Waals surface area contributed by atoms with Gasteiger partial charge in [0, 0.05) is 23.9 Å². The Labute approximate surface area is 197 Å². The molecule has 188 valence electrons. The minimum Gasteiger partial charge on any atom is -0.508 e. The molecule has 3 unspecified atom stereocenters. The number of aliphatic imine (C=N–C) groups is 1. The first-order chi connectivity index (χ1) is 16.2. The van der Waals surface area contributed by atoms with E-state index in [-0.39, 0.29) is 17.9 Å². The Morgan fingerprint density at radius 2 is 2.00 bits per heavy atom. The molecule has 1 aliphatic heterocycles. The zero-order chi connectivity index (χ0) is 25.1. The lowest BCUT2D eigenvalue weighted by molar-refractivity contribution is -0.138. The molecule has 1 aromatic rings. The highest BCUT2D eigenvalue weighted by Gasteiger charge is 2.24. The van der Waals surface area contributed by atoms with Gasteiger partial charge < -0.3 is 41.7 Å². The maximum Gasteiger partial charge on any atom is 0.305 e. The standard InChI is InChI=1S/C22H33N5O7/c1-2-3-4-5-18(30)17(9-20(32)33)27-19(31)12-23-21(34)13-6-14(8-15(28)7-13)26-22-24-10-16(29)11-25-22/h6-8,16-18,28-30H,2-5,9-12H2,1H3,(H,23,34)(H,27,31)(H,32,33)(H2,24,25,26). The minimum absolute atomic E-state index is 0.0773. The van der Waals surface area contributed by atoms with Crippen LogP contribution in [0.3, 0.4) is 0 Å². The molecule has 0 fully saturated rings. The summed E-state index contributed by atoms with van der Waals surface area (Å²) in [6.45, 7) is 2.08. The van der Waals surface area contributed by atoms with E-state index in [1.807, 2.05) is 6.92 Å². The fourth-order valence-corrected chi connectivity index (χ4v) is 3.36. The third-order valence-electron chi connectivity index (χ3n) is 5.13. The van der Waals surface area contributed by atoms with Crippen molar-refractivity contribution >= 4 is 29.4 Å². The Balaban J connectivity index is 1.93. The molecule has 0 spiro atoms. The second-order valence-corrected chi connectivity index (χ2v) is 8.14. The predicted molar refractivity (Wildman–Crippen MR) is 125 cm³/mol. The SMILES string of the molecule is CCCCCC(O)C(CC(=O)O)NC(=O)CNC(=O)c1cc(O)cc(NC2=NCC(O)CN2)c1. The number of unbranched alkanes of at least 4 members (excludes halogenated alkanes) is 2. The third kappa shape index (κ3) is 9.24. The maximum absolute atomic E-state index is 12.5. The Hall–Kier alpha value is -3.38. The lowest BCUT2D eigenvalue weighted by Crippen LogP contribution is -2.48. The number of anilines is 1. The number of hydrogen-bond acceptors (Lipinski definition) is 9. The van der Waals surface area contributed by atoms with Gasteiger partial charge in [-0.1, -0.05) is 26.2 Å². The number of carbonyl (C=O) groups excluding carboxylic acids is 2. The van der Waals surface area contributed by atoms with E-state index in [1.54, 1.807) is 0 Å². The predicted octanol–water partition coefficient (Wildman–Crippen LogP) is -0.245. The van der Waals surface area contributed by atoms with E-state index in [0.717, 1.165) is 12.8 Å². The number of carboxylic acids is 1. The number of rotatable bonds is 12. The first-order valence-corrected chi connectivity index (χ1v) is 11.2. The molecule has 0 radical (unpaired) electrons. The van der Waals surface area contributed by atoms with Crippen LogP contribution in [-0.2, 0) is 9.59 Å². The van der Waals surface area contributed by atoms with Gasteiger partial charge >= 0.3 is 5.97 Å². The van der Waals surface area contributed by atoms with Gasteiger partial charge in [-0.25, -0.2) is 0 Å². The highest BCUT2D eigenvalue weighted by Crippen LogP contribution is 2.20. The van der Waals surface area contributed by atoms with Crippen LogP contribution in [0.15, 0.2) is 23.2 Å². The topological polar surface area (TPSA) is 193 Å². The van der Waals surface area contributed by atoms with Crippen molar-refractivity contribution in [3.8, 4) is 5.75 Å². The number of carbonyl (C=O) groups is 3. The number of aromatic hydroxyl groups is 1. The van der Waals surface area contributed by atoms with Crippen LogP contribution in [0.4, 0.5) is 5.69 Å². The number of benzene rings is 1. The number of aliphatic hydroxyl groups is 2. The number of nitrogens with one attached hydrogen (secondary N) is 4. The molecule has 12 heteroatoms.